The highest BCUT2D eigenvalue weighted by molar-refractivity contribution is 7.92. The van der Waals surface area contributed by atoms with Crippen LogP contribution < -0.4 is 14.4 Å². The Labute approximate surface area is 167 Å². The number of aryl methyl sites for hydroxylation is 4. The minimum atomic E-state index is -3.59. The van der Waals surface area contributed by atoms with E-state index in [1.54, 1.807) is 6.07 Å². The van der Waals surface area contributed by atoms with Gasteiger partial charge in [0.1, 0.15) is 18.9 Å². The number of nitrogens with zero attached hydrogens (tertiary/aromatic N) is 1. The van der Waals surface area contributed by atoms with Crippen LogP contribution in [0.15, 0.2) is 36.4 Å². The molecular weight excluding hydrogens is 376 g/mol. The van der Waals surface area contributed by atoms with Crippen molar-refractivity contribution in [3.8, 4) is 5.75 Å². The van der Waals surface area contributed by atoms with Crippen molar-refractivity contribution in [1.29, 1.82) is 0 Å². The molecule has 7 heteroatoms. The van der Waals surface area contributed by atoms with Gasteiger partial charge in [0.25, 0.3) is 0 Å². The van der Waals surface area contributed by atoms with Gasteiger partial charge in [-0.05, 0) is 62.6 Å². The molecule has 0 aliphatic heterocycles. The van der Waals surface area contributed by atoms with Gasteiger partial charge in [-0.15, -0.1) is 0 Å². The maximum absolute atomic E-state index is 12.3. The molecule has 0 aliphatic rings. The fourth-order valence-corrected chi connectivity index (χ4v) is 3.73. The Hall–Kier alpha value is -2.54. The molecule has 6 nitrogen and oxygen atoms in total. The zero-order valence-corrected chi connectivity index (χ0v) is 17.9. The zero-order chi connectivity index (χ0) is 20.9. The summed E-state index contributed by atoms with van der Waals surface area (Å²) in [6, 6.07) is 11.3. The molecule has 0 bridgehead atoms. The van der Waals surface area contributed by atoms with Crippen molar-refractivity contribution in [3.05, 3.63) is 58.7 Å². The van der Waals surface area contributed by atoms with E-state index in [0.29, 0.717) is 12.3 Å². The largest absolute Gasteiger partial charge is 0.492 e. The van der Waals surface area contributed by atoms with Gasteiger partial charge >= 0.3 is 0 Å². The quantitative estimate of drug-likeness (QED) is 0.687. The molecule has 0 spiro atoms. The molecule has 0 saturated heterocycles. The van der Waals surface area contributed by atoms with E-state index in [1.165, 1.54) is 5.56 Å². The number of nitrogens with one attached hydrogen (secondary N) is 1. The molecule has 0 heterocycles. The Balaban J connectivity index is 1.94. The van der Waals surface area contributed by atoms with Crippen LogP contribution in [0.25, 0.3) is 0 Å². The van der Waals surface area contributed by atoms with Crippen molar-refractivity contribution in [2.24, 2.45) is 0 Å². The molecule has 2 rings (SSSR count). The molecule has 0 atom stereocenters. The molecule has 152 valence electrons. The molecule has 0 unspecified atom stereocenters. The van der Waals surface area contributed by atoms with E-state index in [0.717, 1.165) is 33.0 Å². The summed E-state index contributed by atoms with van der Waals surface area (Å²) in [7, 11) is -3.59. The molecule has 0 fully saturated rings. The third-order valence-electron chi connectivity index (χ3n) is 4.48. The standard InChI is InChI=1S/C21H28N2O4S/c1-15-6-9-20(18(4)12-15)23(28(5,25)26)14-21(24)22-10-11-27-19-8-7-16(2)17(3)13-19/h6-9,12-13H,10-11,14H2,1-5H3,(H,22,24). The van der Waals surface area contributed by atoms with Crippen molar-refractivity contribution in [3.63, 3.8) is 0 Å². The van der Waals surface area contributed by atoms with Crippen LogP contribution in [0, 0.1) is 27.7 Å². The van der Waals surface area contributed by atoms with Crippen molar-refractivity contribution in [1.82, 2.24) is 5.32 Å². The second-order valence-corrected chi connectivity index (χ2v) is 8.91. The van der Waals surface area contributed by atoms with Crippen molar-refractivity contribution in [2.45, 2.75) is 27.7 Å². The lowest BCUT2D eigenvalue weighted by molar-refractivity contribution is -0.119. The van der Waals surface area contributed by atoms with Crippen molar-refractivity contribution >= 4 is 21.6 Å². The van der Waals surface area contributed by atoms with E-state index in [9.17, 15) is 13.2 Å². The number of ether oxygens (including phenoxy) is 1. The summed E-state index contributed by atoms with van der Waals surface area (Å²) in [5.41, 5.74) is 4.67. The van der Waals surface area contributed by atoms with Gasteiger partial charge in [-0.25, -0.2) is 8.42 Å². The number of hydrogen-bond donors (Lipinski definition) is 1. The second-order valence-electron chi connectivity index (χ2n) is 7.00. The highest BCUT2D eigenvalue weighted by atomic mass is 32.2. The minimum Gasteiger partial charge on any atom is -0.492 e. The predicted molar refractivity (Wildman–Crippen MR) is 113 cm³/mol. The maximum atomic E-state index is 12.3. The lowest BCUT2D eigenvalue weighted by Crippen LogP contribution is -2.41. The highest BCUT2D eigenvalue weighted by Crippen LogP contribution is 2.23. The smallest absolute Gasteiger partial charge is 0.240 e. The number of rotatable bonds is 8. The Kier molecular flexibility index (Phi) is 7.07. The topological polar surface area (TPSA) is 75.7 Å². The maximum Gasteiger partial charge on any atom is 0.240 e. The van der Waals surface area contributed by atoms with Gasteiger partial charge < -0.3 is 10.1 Å². The third kappa shape index (κ3) is 5.99. The van der Waals surface area contributed by atoms with Crippen LogP contribution in [0.2, 0.25) is 0 Å². The number of anilines is 1. The molecule has 1 N–H and O–H groups in total. The molecule has 2 aromatic carbocycles. The number of sulfonamides is 1. The SMILES string of the molecule is Cc1ccc(N(CC(=O)NCCOc2ccc(C)c(C)c2)S(C)(=O)=O)c(C)c1. The molecule has 0 saturated carbocycles. The lowest BCUT2D eigenvalue weighted by atomic mass is 10.1. The summed E-state index contributed by atoms with van der Waals surface area (Å²) >= 11 is 0. The van der Waals surface area contributed by atoms with E-state index in [-0.39, 0.29) is 19.0 Å². The fourth-order valence-electron chi connectivity index (χ4n) is 2.82. The van der Waals surface area contributed by atoms with Gasteiger partial charge in [0, 0.05) is 0 Å². The number of amides is 1. The lowest BCUT2D eigenvalue weighted by Gasteiger charge is -2.24. The van der Waals surface area contributed by atoms with E-state index in [1.807, 2.05) is 58.0 Å². The van der Waals surface area contributed by atoms with E-state index in [2.05, 4.69) is 5.32 Å². The highest BCUT2D eigenvalue weighted by Gasteiger charge is 2.22. The van der Waals surface area contributed by atoms with Gasteiger partial charge in [0.15, 0.2) is 0 Å². The first-order valence-corrected chi connectivity index (χ1v) is 10.9. The first-order valence-electron chi connectivity index (χ1n) is 9.09. The normalized spacial score (nSPS) is 11.2. The summed E-state index contributed by atoms with van der Waals surface area (Å²) in [6.07, 6.45) is 1.10. The third-order valence-corrected chi connectivity index (χ3v) is 5.61. The van der Waals surface area contributed by atoms with Crippen LogP contribution in [0.4, 0.5) is 5.69 Å². The monoisotopic (exact) mass is 404 g/mol. The van der Waals surface area contributed by atoms with Crippen LogP contribution in [0.5, 0.6) is 5.75 Å². The fraction of sp³-hybridized carbons (Fsp3) is 0.381. The van der Waals surface area contributed by atoms with Crippen LogP contribution in [-0.2, 0) is 14.8 Å². The molecule has 0 aliphatic carbocycles. The molecule has 2 aromatic rings. The number of hydrogen-bond acceptors (Lipinski definition) is 4. The van der Waals surface area contributed by atoms with Crippen LogP contribution in [-0.4, -0.2) is 40.3 Å². The van der Waals surface area contributed by atoms with E-state index in [4.69, 9.17) is 4.74 Å². The number of carbonyl (C=O) groups is 1. The predicted octanol–water partition coefficient (Wildman–Crippen LogP) is 2.88. The summed E-state index contributed by atoms with van der Waals surface area (Å²) in [5.74, 6) is 0.361. The summed E-state index contributed by atoms with van der Waals surface area (Å²) in [5, 5.41) is 2.71. The first kappa shape index (κ1) is 21.8. The number of benzene rings is 2. The Morgan fingerprint density at radius 1 is 1.00 bits per heavy atom. The van der Waals surface area contributed by atoms with Crippen LogP contribution in [0.3, 0.4) is 0 Å². The number of carbonyl (C=O) groups excluding carboxylic acids is 1. The second kappa shape index (κ2) is 9.10. The molecule has 0 radical (unpaired) electrons. The Morgan fingerprint density at radius 2 is 1.71 bits per heavy atom. The Bertz CT molecular complexity index is 955. The van der Waals surface area contributed by atoms with Gasteiger partial charge in [-0.1, -0.05) is 23.8 Å². The molecule has 0 aromatic heterocycles. The van der Waals surface area contributed by atoms with Gasteiger partial charge in [0.2, 0.25) is 15.9 Å². The van der Waals surface area contributed by atoms with E-state index < -0.39 is 10.0 Å². The zero-order valence-electron chi connectivity index (χ0n) is 17.1. The van der Waals surface area contributed by atoms with Crippen molar-refractivity contribution in [2.75, 3.05) is 30.3 Å². The summed E-state index contributed by atoms with van der Waals surface area (Å²) in [4.78, 5) is 12.3. The average molecular weight is 405 g/mol. The van der Waals surface area contributed by atoms with Crippen LogP contribution >= 0.6 is 0 Å². The summed E-state index contributed by atoms with van der Waals surface area (Å²) in [6.45, 7) is 8.12. The van der Waals surface area contributed by atoms with Gasteiger partial charge in [-0.3, -0.25) is 9.10 Å². The van der Waals surface area contributed by atoms with Crippen molar-refractivity contribution < 1.29 is 17.9 Å². The van der Waals surface area contributed by atoms with E-state index >= 15 is 0 Å². The summed E-state index contributed by atoms with van der Waals surface area (Å²) < 4.78 is 31.2. The minimum absolute atomic E-state index is 0.271. The average Bonchev–Trinajstić information content (AvgIpc) is 2.59. The molecule has 1 amide bonds. The molecular formula is C21H28N2O4S. The Morgan fingerprint density at radius 3 is 2.32 bits per heavy atom. The molecule has 28 heavy (non-hydrogen) atoms. The first-order chi connectivity index (χ1) is 13.1. The van der Waals surface area contributed by atoms with Gasteiger partial charge in [-0.2, -0.15) is 0 Å². The van der Waals surface area contributed by atoms with Gasteiger partial charge in [0.05, 0.1) is 18.5 Å². The van der Waals surface area contributed by atoms with Crippen LogP contribution in [0.1, 0.15) is 22.3 Å².